The van der Waals surface area contributed by atoms with Crippen LogP contribution in [0.2, 0.25) is 0 Å². The van der Waals surface area contributed by atoms with Crippen LogP contribution < -0.4 is 0 Å². The van der Waals surface area contributed by atoms with E-state index in [0.717, 1.165) is 11.8 Å². The third kappa shape index (κ3) is 4.54. The predicted octanol–water partition coefficient (Wildman–Crippen LogP) is 0.626. The molecule has 1 fully saturated rings. The molecule has 0 aliphatic carbocycles. The Morgan fingerprint density at radius 2 is 2.00 bits per heavy atom. The number of benzene rings is 1. The summed E-state index contributed by atoms with van der Waals surface area (Å²) >= 11 is 0. The van der Waals surface area contributed by atoms with Gasteiger partial charge in [-0.3, -0.25) is 4.79 Å². The van der Waals surface area contributed by atoms with E-state index < -0.39 is 15.9 Å². The van der Waals surface area contributed by atoms with E-state index in [1.54, 1.807) is 4.90 Å². The Balaban J connectivity index is 2.02. The van der Waals surface area contributed by atoms with Crippen LogP contribution in [0.4, 0.5) is 0 Å². The molecular formula is C15H21NO4S. The van der Waals surface area contributed by atoms with Crippen molar-refractivity contribution in [3.63, 3.8) is 0 Å². The molecule has 1 N–H and O–H groups in total. The summed E-state index contributed by atoms with van der Waals surface area (Å²) in [6.07, 6.45) is 1.69. The highest BCUT2D eigenvalue weighted by Gasteiger charge is 2.35. The Morgan fingerprint density at radius 1 is 1.33 bits per heavy atom. The summed E-state index contributed by atoms with van der Waals surface area (Å²) in [5, 5.41) is 10.1. The molecule has 2 atom stereocenters. The first-order valence-corrected chi connectivity index (χ1v) is 9.12. The Morgan fingerprint density at radius 3 is 2.62 bits per heavy atom. The van der Waals surface area contributed by atoms with Crippen LogP contribution in [0, 0.1) is 0 Å². The lowest BCUT2D eigenvalue weighted by atomic mass is 10.0. The van der Waals surface area contributed by atoms with Gasteiger partial charge in [0, 0.05) is 19.2 Å². The SMILES string of the molecule is CS(=O)(=O)CCC(=O)N1CC[C@H](O)[C@@H]1Cc1ccccc1. The highest BCUT2D eigenvalue weighted by atomic mass is 32.2. The van der Waals surface area contributed by atoms with Crippen LogP contribution >= 0.6 is 0 Å². The second kappa shape index (κ2) is 6.58. The van der Waals surface area contributed by atoms with E-state index in [2.05, 4.69) is 0 Å². The van der Waals surface area contributed by atoms with Gasteiger partial charge in [-0.25, -0.2) is 8.42 Å². The monoisotopic (exact) mass is 311 g/mol. The van der Waals surface area contributed by atoms with Gasteiger partial charge >= 0.3 is 0 Å². The Hall–Kier alpha value is -1.40. The molecule has 6 heteroatoms. The van der Waals surface area contributed by atoms with Gasteiger partial charge in [0.05, 0.1) is 17.9 Å². The molecule has 1 amide bonds. The van der Waals surface area contributed by atoms with Crippen molar-refractivity contribution in [2.24, 2.45) is 0 Å². The van der Waals surface area contributed by atoms with Gasteiger partial charge in [-0.05, 0) is 18.4 Å². The molecule has 0 saturated carbocycles. The number of nitrogens with zero attached hydrogens (tertiary/aromatic N) is 1. The average molecular weight is 311 g/mol. The molecule has 5 nitrogen and oxygen atoms in total. The first-order valence-electron chi connectivity index (χ1n) is 7.06. The van der Waals surface area contributed by atoms with Gasteiger partial charge in [0.1, 0.15) is 9.84 Å². The Kier molecular flexibility index (Phi) is 5.00. The Bertz CT molecular complexity index is 585. The molecule has 0 spiro atoms. The number of amides is 1. The molecule has 21 heavy (non-hydrogen) atoms. The second-order valence-corrected chi connectivity index (χ2v) is 7.84. The quantitative estimate of drug-likeness (QED) is 0.865. The predicted molar refractivity (Wildman–Crippen MR) is 80.6 cm³/mol. The second-order valence-electron chi connectivity index (χ2n) is 5.58. The smallest absolute Gasteiger partial charge is 0.223 e. The molecular weight excluding hydrogens is 290 g/mol. The van der Waals surface area contributed by atoms with Gasteiger partial charge in [0.15, 0.2) is 0 Å². The normalized spacial score (nSPS) is 22.5. The van der Waals surface area contributed by atoms with Crippen LogP contribution in [0.3, 0.4) is 0 Å². The van der Waals surface area contributed by atoms with Crippen molar-refractivity contribution in [3.05, 3.63) is 35.9 Å². The van der Waals surface area contributed by atoms with E-state index >= 15 is 0 Å². The third-order valence-electron chi connectivity index (χ3n) is 3.80. The minimum atomic E-state index is -3.15. The third-order valence-corrected chi connectivity index (χ3v) is 4.75. The van der Waals surface area contributed by atoms with Crippen molar-refractivity contribution >= 4 is 15.7 Å². The van der Waals surface area contributed by atoms with Gasteiger partial charge < -0.3 is 10.0 Å². The van der Waals surface area contributed by atoms with Crippen molar-refractivity contribution in [2.45, 2.75) is 31.4 Å². The maximum atomic E-state index is 12.2. The Labute approximate surface area is 125 Å². The molecule has 0 radical (unpaired) electrons. The number of aliphatic hydroxyl groups is 1. The molecule has 1 aromatic rings. The van der Waals surface area contributed by atoms with Gasteiger partial charge in [-0.2, -0.15) is 0 Å². The molecule has 1 aliphatic rings. The van der Waals surface area contributed by atoms with Crippen molar-refractivity contribution in [1.29, 1.82) is 0 Å². The number of hydrogen-bond acceptors (Lipinski definition) is 4. The zero-order valence-electron chi connectivity index (χ0n) is 12.1. The summed E-state index contributed by atoms with van der Waals surface area (Å²) in [4.78, 5) is 13.8. The van der Waals surface area contributed by atoms with Crippen LogP contribution in [0.5, 0.6) is 0 Å². The van der Waals surface area contributed by atoms with Crippen LogP contribution in [0.15, 0.2) is 30.3 Å². The molecule has 1 saturated heterocycles. The molecule has 116 valence electrons. The van der Waals surface area contributed by atoms with E-state index in [4.69, 9.17) is 0 Å². The van der Waals surface area contributed by atoms with Gasteiger partial charge in [0.25, 0.3) is 0 Å². The van der Waals surface area contributed by atoms with Crippen molar-refractivity contribution in [1.82, 2.24) is 4.90 Å². The lowest BCUT2D eigenvalue weighted by Crippen LogP contribution is -2.41. The van der Waals surface area contributed by atoms with Crippen LogP contribution in [0.1, 0.15) is 18.4 Å². The fraction of sp³-hybridized carbons (Fsp3) is 0.533. The number of hydrogen-bond donors (Lipinski definition) is 1. The number of likely N-dealkylation sites (tertiary alicyclic amines) is 1. The van der Waals surface area contributed by atoms with Crippen molar-refractivity contribution in [3.8, 4) is 0 Å². The lowest BCUT2D eigenvalue weighted by Gasteiger charge is -2.26. The number of carbonyl (C=O) groups is 1. The van der Waals surface area contributed by atoms with E-state index in [1.807, 2.05) is 30.3 Å². The molecule has 0 unspecified atom stereocenters. The van der Waals surface area contributed by atoms with Gasteiger partial charge in [0.2, 0.25) is 5.91 Å². The van der Waals surface area contributed by atoms with E-state index in [9.17, 15) is 18.3 Å². The highest BCUT2D eigenvalue weighted by molar-refractivity contribution is 7.90. The van der Waals surface area contributed by atoms with E-state index in [0.29, 0.717) is 19.4 Å². The van der Waals surface area contributed by atoms with Crippen molar-refractivity contribution < 1.29 is 18.3 Å². The zero-order chi connectivity index (χ0) is 15.5. The summed E-state index contributed by atoms with van der Waals surface area (Å²) in [7, 11) is -3.15. The zero-order valence-corrected chi connectivity index (χ0v) is 12.9. The summed E-state index contributed by atoms with van der Waals surface area (Å²) in [5.74, 6) is -0.339. The maximum absolute atomic E-state index is 12.2. The minimum absolute atomic E-state index is 0.0170. The summed E-state index contributed by atoms with van der Waals surface area (Å²) in [6, 6.07) is 9.43. The summed E-state index contributed by atoms with van der Waals surface area (Å²) in [5.41, 5.74) is 1.06. The van der Waals surface area contributed by atoms with Crippen LogP contribution in [0.25, 0.3) is 0 Å². The first kappa shape index (κ1) is 16.0. The van der Waals surface area contributed by atoms with Crippen molar-refractivity contribution in [2.75, 3.05) is 18.6 Å². The average Bonchev–Trinajstić information content (AvgIpc) is 2.78. The summed E-state index contributed by atoms with van der Waals surface area (Å²) < 4.78 is 22.3. The van der Waals surface area contributed by atoms with Crippen LogP contribution in [-0.2, 0) is 21.1 Å². The molecule has 0 bridgehead atoms. The number of aliphatic hydroxyl groups excluding tert-OH is 1. The number of rotatable bonds is 5. The molecule has 1 heterocycles. The topological polar surface area (TPSA) is 74.7 Å². The van der Waals surface area contributed by atoms with E-state index in [1.165, 1.54) is 0 Å². The van der Waals surface area contributed by atoms with E-state index in [-0.39, 0.29) is 24.1 Å². The standard InChI is InChI=1S/C15H21NO4S/c1-21(19,20)10-8-15(18)16-9-7-14(17)13(16)11-12-5-3-2-4-6-12/h2-6,13-14,17H,7-11H2,1H3/t13-,14-/m0/s1. The lowest BCUT2D eigenvalue weighted by molar-refractivity contribution is -0.132. The molecule has 2 rings (SSSR count). The highest BCUT2D eigenvalue weighted by Crippen LogP contribution is 2.22. The van der Waals surface area contributed by atoms with Crippen LogP contribution in [-0.4, -0.2) is 55.0 Å². The largest absolute Gasteiger partial charge is 0.391 e. The van der Waals surface area contributed by atoms with Gasteiger partial charge in [-0.1, -0.05) is 30.3 Å². The number of carbonyl (C=O) groups excluding carboxylic acids is 1. The fourth-order valence-corrected chi connectivity index (χ4v) is 3.21. The fourth-order valence-electron chi connectivity index (χ4n) is 2.67. The number of sulfone groups is 1. The maximum Gasteiger partial charge on any atom is 0.223 e. The van der Waals surface area contributed by atoms with Gasteiger partial charge in [-0.15, -0.1) is 0 Å². The first-order chi connectivity index (χ1) is 9.87. The summed E-state index contributed by atoms with van der Waals surface area (Å²) in [6.45, 7) is 0.487. The molecule has 0 aromatic heterocycles. The molecule has 1 aromatic carbocycles. The minimum Gasteiger partial charge on any atom is -0.391 e. The molecule has 1 aliphatic heterocycles.